The maximum Gasteiger partial charge on any atom is 0.343 e. The van der Waals surface area contributed by atoms with Gasteiger partial charge in [0.1, 0.15) is 5.56 Å². The van der Waals surface area contributed by atoms with Crippen LogP contribution in [-0.4, -0.2) is 16.2 Å². The van der Waals surface area contributed by atoms with Crippen LogP contribution in [0.4, 0.5) is 11.6 Å². The fourth-order valence-corrected chi connectivity index (χ4v) is 1.66. The molecule has 2 aromatic rings. The van der Waals surface area contributed by atoms with Crippen molar-refractivity contribution in [1.82, 2.24) is 5.16 Å². The third-order valence-electron chi connectivity index (χ3n) is 2.84. The van der Waals surface area contributed by atoms with Crippen LogP contribution in [0.2, 0.25) is 0 Å². The van der Waals surface area contributed by atoms with E-state index in [1.54, 1.807) is 6.92 Å². The molecule has 1 heterocycles. The van der Waals surface area contributed by atoms with Crippen molar-refractivity contribution in [2.75, 3.05) is 5.32 Å². The predicted molar refractivity (Wildman–Crippen MR) is 67.4 cm³/mol. The number of hydrogen-bond donors (Lipinski definition) is 2. The molecule has 2 N–H and O–H groups in total. The number of carboxylic acids is 1. The van der Waals surface area contributed by atoms with Crippen LogP contribution >= 0.6 is 0 Å². The molecule has 1 aromatic heterocycles. The molecule has 0 bridgehead atoms. The number of aryl methyl sites for hydroxylation is 3. The first-order valence-electron chi connectivity index (χ1n) is 5.53. The lowest BCUT2D eigenvalue weighted by atomic mass is 10.1. The number of aromatic nitrogens is 1. The Morgan fingerprint density at radius 2 is 2.00 bits per heavy atom. The Hall–Kier alpha value is -2.30. The highest BCUT2D eigenvalue weighted by atomic mass is 16.5. The van der Waals surface area contributed by atoms with Crippen LogP contribution in [0.25, 0.3) is 0 Å². The lowest BCUT2D eigenvalue weighted by Gasteiger charge is -2.06. The van der Waals surface area contributed by atoms with Crippen molar-refractivity contribution >= 4 is 17.5 Å². The molecule has 18 heavy (non-hydrogen) atoms. The molecule has 1 aromatic carbocycles. The summed E-state index contributed by atoms with van der Waals surface area (Å²) in [5.74, 6) is -0.900. The van der Waals surface area contributed by atoms with Gasteiger partial charge in [0.15, 0.2) is 0 Å². The molecule has 0 amide bonds. The predicted octanol–water partition coefficient (Wildman–Crippen LogP) is 3.04. The standard InChI is InChI=1S/C13H14N2O3/c1-7-4-5-10(6-8(7)2)14-12-11(13(16)17)9(3)15-18-12/h4-6,14H,1-3H3,(H,16,17). The van der Waals surface area contributed by atoms with E-state index >= 15 is 0 Å². The molecule has 5 heteroatoms. The smallest absolute Gasteiger partial charge is 0.343 e. The summed E-state index contributed by atoms with van der Waals surface area (Å²) in [6.45, 7) is 5.60. The van der Waals surface area contributed by atoms with Gasteiger partial charge in [-0.05, 0) is 44.0 Å². The molecule has 5 nitrogen and oxygen atoms in total. The second kappa shape index (κ2) is 4.52. The maximum atomic E-state index is 11.1. The van der Waals surface area contributed by atoms with E-state index < -0.39 is 5.97 Å². The van der Waals surface area contributed by atoms with Crippen LogP contribution in [0.15, 0.2) is 22.7 Å². The van der Waals surface area contributed by atoms with E-state index in [-0.39, 0.29) is 11.4 Å². The minimum atomic E-state index is -1.06. The number of benzene rings is 1. The van der Waals surface area contributed by atoms with E-state index in [0.717, 1.165) is 11.3 Å². The second-order valence-electron chi connectivity index (χ2n) is 4.20. The Morgan fingerprint density at radius 3 is 2.61 bits per heavy atom. The van der Waals surface area contributed by atoms with Crippen LogP contribution in [0.1, 0.15) is 27.2 Å². The molecule has 0 atom stereocenters. The zero-order valence-corrected chi connectivity index (χ0v) is 10.4. The summed E-state index contributed by atoms with van der Waals surface area (Å²) in [5, 5.41) is 15.7. The van der Waals surface area contributed by atoms with Gasteiger partial charge in [0.05, 0.1) is 5.69 Å². The highest BCUT2D eigenvalue weighted by molar-refractivity contribution is 5.94. The number of carboxylic acid groups (broad SMARTS) is 1. The average molecular weight is 246 g/mol. The van der Waals surface area contributed by atoms with E-state index in [1.165, 1.54) is 5.56 Å². The zero-order chi connectivity index (χ0) is 13.3. The highest BCUT2D eigenvalue weighted by Crippen LogP contribution is 2.24. The lowest BCUT2D eigenvalue weighted by Crippen LogP contribution is -2.01. The van der Waals surface area contributed by atoms with Crippen molar-refractivity contribution in [3.8, 4) is 0 Å². The van der Waals surface area contributed by atoms with E-state index in [1.807, 2.05) is 32.0 Å². The summed E-state index contributed by atoms with van der Waals surface area (Å²) in [4.78, 5) is 11.1. The summed E-state index contributed by atoms with van der Waals surface area (Å²) < 4.78 is 4.99. The van der Waals surface area contributed by atoms with Crippen LogP contribution < -0.4 is 5.32 Å². The Kier molecular flexibility index (Phi) is 3.06. The summed E-state index contributed by atoms with van der Waals surface area (Å²) in [5.41, 5.74) is 3.49. The quantitative estimate of drug-likeness (QED) is 0.870. The molecule has 0 aliphatic rings. The fraction of sp³-hybridized carbons (Fsp3) is 0.231. The SMILES string of the molecule is Cc1ccc(Nc2onc(C)c2C(=O)O)cc1C. The molecule has 0 unspecified atom stereocenters. The van der Waals surface area contributed by atoms with Crippen molar-refractivity contribution in [2.45, 2.75) is 20.8 Å². The minimum Gasteiger partial charge on any atom is -0.477 e. The Morgan fingerprint density at radius 1 is 1.28 bits per heavy atom. The minimum absolute atomic E-state index is 0.0632. The van der Waals surface area contributed by atoms with Gasteiger partial charge in [-0.25, -0.2) is 4.79 Å². The molecule has 0 aliphatic heterocycles. The second-order valence-corrected chi connectivity index (χ2v) is 4.20. The largest absolute Gasteiger partial charge is 0.477 e. The van der Waals surface area contributed by atoms with Crippen LogP contribution in [0.3, 0.4) is 0 Å². The summed E-state index contributed by atoms with van der Waals surface area (Å²) in [6.07, 6.45) is 0. The molecule has 0 saturated heterocycles. The lowest BCUT2D eigenvalue weighted by molar-refractivity contribution is 0.0697. The zero-order valence-electron chi connectivity index (χ0n) is 10.4. The first-order chi connectivity index (χ1) is 8.49. The van der Waals surface area contributed by atoms with Gasteiger partial charge in [0.2, 0.25) is 5.88 Å². The Balaban J connectivity index is 2.34. The van der Waals surface area contributed by atoms with Gasteiger partial charge in [-0.2, -0.15) is 0 Å². The van der Waals surface area contributed by atoms with E-state index in [4.69, 9.17) is 9.63 Å². The number of nitrogens with one attached hydrogen (secondary N) is 1. The van der Waals surface area contributed by atoms with E-state index in [2.05, 4.69) is 10.5 Å². The molecular weight excluding hydrogens is 232 g/mol. The van der Waals surface area contributed by atoms with Crippen LogP contribution in [-0.2, 0) is 0 Å². The molecular formula is C13H14N2O3. The van der Waals surface area contributed by atoms with Crippen LogP contribution in [0.5, 0.6) is 0 Å². The maximum absolute atomic E-state index is 11.1. The van der Waals surface area contributed by atoms with Crippen molar-refractivity contribution in [3.63, 3.8) is 0 Å². The fourth-order valence-electron chi connectivity index (χ4n) is 1.66. The van der Waals surface area contributed by atoms with Gasteiger partial charge in [0.25, 0.3) is 0 Å². The monoisotopic (exact) mass is 246 g/mol. The molecule has 0 aliphatic carbocycles. The van der Waals surface area contributed by atoms with Crippen molar-refractivity contribution in [1.29, 1.82) is 0 Å². The number of nitrogens with zero attached hydrogens (tertiary/aromatic N) is 1. The third-order valence-corrected chi connectivity index (χ3v) is 2.84. The average Bonchev–Trinajstić information content (AvgIpc) is 2.65. The molecule has 0 radical (unpaired) electrons. The normalized spacial score (nSPS) is 10.4. The first-order valence-corrected chi connectivity index (χ1v) is 5.53. The van der Waals surface area contributed by atoms with Crippen molar-refractivity contribution < 1.29 is 14.4 Å². The van der Waals surface area contributed by atoms with Gasteiger partial charge in [-0.15, -0.1) is 0 Å². The molecule has 94 valence electrons. The van der Waals surface area contributed by atoms with Gasteiger partial charge in [-0.3, -0.25) is 0 Å². The molecule has 0 fully saturated rings. The summed E-state index contributed by atoms with van der Waals surface area (Å²) in [6, 6.07) is 5.76. The number of rotatable bonds is 3. The van der Waals surface area contributed by atoms with Gasteiger partial charge in [-0.1, -0.05) is 11.2 Å². The number of aromatic carboxylic acids is 1. The molecule has 0 spiro atoms. The molecule has 0 saturated carbocycles. The third kappa shape index (κ3) is 2.20. The number of carbonyl (C=O) groups is 1. The summed E-state index contributed by atoms with van der Waals surface area (Å²) in [7, 11) is 0. The molecule has 2 rings (SSSR count). The topological polar surface area (TPSA) is 75.4 Å². The Bertz CT molecular complexity index is 602. The van der Waals surface area contributed by atoms with E-state index in [0.29, 0.717) is 5.69 Å². The van der Waals surface area contributed by atoms with Gasteiger partial charge < -0.3 is 14.9 Å². The number of hydrogen-bond acceptors (Lipinski definition) is 4. The van der Waals surface area contributed by atoms with Crippen molar-refractivity contribution in [2.24, 2.45) is 0 Å². The van der Waals surface area contributed by atoms with Crippen molar-refractivity contribution in [3.05, 3.63) is 40.6 Å². The number of anilines is 2. The Labute approximate surface area is 104 Å². The van der Waals surface area contributed by atoms with Gasteiger partial charge >= 0.3 is 5.97 Å². The highest BCUT2D eigenvalue weighted by Gasteiger charge is 2.19. The van der Waals surface area contributed by atoms with Gasteiger partial charge in [0, 0.05) is 5.69 Å². The van der Waals surface area contributed by atoms with E-state index in [9.17, 15) is 4.79 Å². The van der Waals surface area contributed by atoms with Crippen LogP contribution in [0, 0.1) is 20.8 Å². The summed E-state index contributed by atoms with van der Waals surface area (Å²) >= 11 is 0. The first kappa shape index (κ1) is 12.2.